The number of nitrogens with zero attached hydrogens (tertiary/aromatic N) is 1. The topological polar surface area (TPSA) is 49.8 Å². The molecule has 1 saturated heterocycles. The summed E-state index contributed by atoms with van der Waals surface area (Å²) in [4.78, 5) is 12.5. The Morgan fingerprint density at radius 1 is 1.69 bits per heavy atom. The lowest BCUT2D eigenvalue weighted by molar-refractivity contribution is -0.138. The highest BCUT2D eigenvalue weighted by molar-refractivity contribution is 5.66. The van der Waals surface area contributed by atoms with E-state index in [0.717, 1.165) is 26.1 Å². The lowest BCUT2D eigenvalue weighted by atomic mass is 10.3. The molecular weight excluding hydrogens is 170 g/mol. The molecule has 1 heterocycles. The average molecular weight is 187 g/mol. The van der Waals surface area contributed by atoms with Crippen molar-refractivity contribution in [2.75, 3.05) is 26.2 Å². The van der Waals surface area contributed by atoms with Gasteiger partial charge in [-0.05, 0) is 13.0 Å². The van der Waals surface area contributed by atoms with Gasteiger partial charge in [0.25, 0.3) is 0 Å². The van der Waals surface area contributed by atoms with Crippen LogP contribution in [0.2, 0.25) is 0 Å². The first kappa shape index (κ1) is 10.5. The van der Waals surface area contributed by atoms with Gasteiger partial charge in [-0.3, -0.25) is 4.79 Å². The Bertz CT molecular complexity index is 172. The smallest absolute Gasteiger partial charge is 0.305 e. The number of ether oxygens (including phenoxy) is 1. The fourth-order valence-electron chi connectivity index (χ4n) is 1.53. The van der Waals surface area contributed by atoms with Crippen molar-refractivity contribution < 1.29 is 14.6 Å². The van der Waals surface area contributed by atoms with Gasteiger partial charge in [0.2, 0.25) is 0 Å². The number of likely N-dealkylation sites (N-methyl/N-ethyl adjacent to an activating group) is 1. The first-order valence-electron chi connectivity index (χ1n) is 4.78. The van der Waals surface area contributed by atoms with Gasteiger partial charge < -0.3 is 14.7 Å². The molecule has 1 N–H and O–H groups in total. The molecular formula is C9H17NO3. The molecule has 0 aromatic carbocycles. The van der Waals surface area contributed by atoms with Crippen LogP contribution in [0.4, 0.5) is 0 Å². The minimum atomic E-state index is -0.787. The number of likely N-dealkylation sites (tertiary alicyclic amines) is 1. The molecule has 1 aliphatic rings. The Hall–Kier alpha value is -0.610. The molecule has 0 bridgehead atoms. The zero-order valence-electron chi connectivity index (χ0n) is 8.03. The van der Waals surface area contributed by atoms with Crippen molar-refractivity contribution in [3.63, 3.8) is 0 Å². The van der Waals surface area contributed by atoms with Crippen LogP contribution >= 0.6 is 0 Å². The maximum absolute atomic E-state index is 10.2. The maximum atomic E-state index is 10.2. The minimum absolute atomic E-state index is 0.114. The van der Waals surface area contributed by atoms with Gasteiger partial charge in [0.1, 0.15) is 0 Å². The highest BCUT2D eigenvalue weighted by Gasteiger charge is 2.21. The molecule has 0 aromatic heterocycles. The lowest BCUT2D eigenvalue weighted by Gasteiger charge is -2.13. The van der Waals surface area contributed by atoms with E-state index < -0.39 is 5.97 Å². The van der Waals surface area contributed by atoms with Gasteiger partial charge in [-0.1, -0.05) is 6.92 Å². The zero-order valence-corrected chi connectivity index (χ0v) is 8.03. The Labute approximate surface area is 78.5 Å². The van der Waals surface area contributed by atoms with Crippen molar-refractivity contribution in [2.24, 2.45) is 0 Å². The van der Waals surface area contributed by atoms with Gasteiger partial charge in [-0.2, -0.15) is 0 Å². The summed E-state index contributed by atoms with van der Waals surface area (Å²) in [5.41, 5.74) is 0. The van der Waals surface area contributed by atoms with Crippen LogP contribution < -0.4 is 0 Å². The van der Waals surface area contributed by atoms with E-state index in [4.69, 9.17) is 9.84 Å². The molecule has 1 rings (SSSR count). The van der Waals surface area contributed by atoms with Crippen LogP contribution in [0.25, 0.3) is 0 Å². The van der Waals surface area contributed by atoms with E-state index in [2.05, 4.69) is 11.8 Å². The summed E-state index contributed by atoms with van der Waals surface area (Å²) in [5, 5.41) is 8.40. The number of aliphatic carboxylic acids is 1. The number of rotatable bonds is 5. The third kappa shape index (κ3) is 3.74. The van der Waals surface area contributed by atoms with Crippen LogP contribution in [0.1, 0.15) is 19.8 Å². The fourth-order valence-corrected chi connectivity index (χ4v) is 1.53. The van der Waals surface area contributed by atoms with Crippen LogP contribution in [0, 0.1) is 0 Å². The molecule has 0 aromatic rings. The van der Waals surface area contributed by atoms with E-state index in [1.54, 1.807) is 0 Å². The van der Waals surface area contributed by atoms with Gasteiger partial charge in [-0.25, -0.2) is 0 Å². The molecule has 1 unspecified atom stereocenters. The molecule has 4 heteroatoms. The lowest BCUT2D eigenvalue weighted by Crippen LogP contribution is -2.23. The van der Waals surface area contributed by atoms with Gasteiger partial charge in [0, 0.05) is 13.1 Å². The molecule has 0 spiro atoms. The standard InChI is InChI=1S/C9H17NO3/c1-2-10-5-3-8(7-10)13-6-4-9(11)12/h8H,2-7H2,1H3,(H,11,12). The monoisotopic (exact) mass is 187 g/mol. The normalized spacial score (nSPS) is 23.6. The summed E-state index contributed by atoms with van der Waals surface area (Å²) in [6.45, 7) is 5.56. The number of hydrogen-bond donors (Lipinski definition) is 1. The second-order valence-electron chi connectivity index (χ2n) is 3.32. The molecule has 1 fully saturated rings. The first-order chi connectivity index (χ1) is 6.22. The third-order valence-electron chi connectivity index (χ3n) is 2.35. The second kappa shape index (κ2) is 5.19. The van der Waals surface area contributed by atoms with Crippen molar-refractivity contribution in [1.29, 1.82) is 0 Å². The van der Waals surface area contributed by atoms with Crippen molar-refractivity contribution in [2.45, 2.75) is 25.9 Å². The molecule has 1 atom stereocenters. The summed E-state index contributed by atoms with van der Waals surface area (Å²) < 4.78 is 5.42. The molecule has 0 aliphatic carbocycles. The van der Waals surface area contributed by atoms with Crippen LogP contribution in [0.5, 0.6) is 0 Å². The summed E-state index contributed by atoms with van der Waals surface area (Å²) in [7, 11) is 0. The van der Waals surface area contributed by atoms with E-state index >= 15 is 0 Å². The fraction of sp³-hybridized carbons (Fsp3) is 0.889. The Kier molecular flexibility index (Phi) is 4.18. The molecule has 4 nitrogen and oxygen atoms in total. The van der Waals surface area contributed by atoms with Gasteiger partial charge in [0.15, 0.2) is 0 Å². The summed E-state index contributed by atoms with van der Waals surface area (Å²) in [6, 6.07) is 0. The highest BCUT2D eigenvalue weighted by Crippen LogP contribution is 2.11. The van der Waals surface area contributed by atoms with Crippen LogP contribution in [0.3, 0.4) is 0 Å². The molecule has 13 heavy (non-hydrogen) atoms. The minimum Gasteiger partial charge on any atom is -0.481 e. The Morgan fingerprint density at radius 2 is 2.46 bits per heavy atom. The van der Waals surface area contributed by atoms with Gasteiger partial charge >= 0.3 is 5.97 Å². The predicted molar refractivity (Wildman–Crippen MR) is 48.7 cm³/mol. The number of carboxylic acid groups (broad SMARTS) is 1. The summed E-state index contributed by atoms with van der Waals surface area (Å²) in [6.07, 6.45) is 1.40. The highest BCUT2D eigenvalue weighted by atomic mass is 16.5. The van der Waals surface area contributed by atoms with Gasteiger partial charge in [-0.15, -0.1) is 0 Å². The maximum Gasteiger partial charge on any atom is 0.305 e. The molecule has 76 valence electrons. The molecule has 0 radical (unpaired) electrons. The van der Waals surface area contributed by atoms with E-state index in [0.29, 0.717) is 6.61 Å². The van der Waals surface area contributed by atoms with E-state index in [-0.39, 0.29) is 12.5 Å². The second-order valence-corrected chi connectivity index (χ2v) is 3.32. The number of carbonyl (C=O) groups is 1. The quantitative estimate of drug-likeness (QED) is 0.683. The van der Waals surface area contributed by atoms with Gasteiger partial charge in [0.05, 0.1) is 19.1 Å². The summed E-state index contributed by atoms with van der Waals surface area (Å²) >= 11 is 0. The summed E-state index contributed by atoms with van der Waals surface area (Å²) in [5.74, 6) is -0.787. The number of hydrogen-bond acceptors (Lipinski definition) is 3. The van der Waals surface area contributed by atoms with E-state index in [1.807, 2.05) is 0 Å². The Morgan fingerprint density at radius 3 is 3.00 bits per heavy atom. The average Bonchev–Trinajstić information content (AvgIpc) is 2.52. The van der Waals surface area contributed by atoms with Crippen molar-refractivity contribution in [3.8, 4) is 0 Å². The van der Waals surface area contributed by atoms with E-state index in [9.17, 15) is 4.79 Å². The van der Waals surface area contributed by atoms with Crippen molar-refractivity contribution in [1.82, 2.24) is 4.90 Å². The van der Waals surface area contributed by atoms with Crippen molar-refractivity contribution >= 4 is 5.97 Å². The van der Waals surface area contributed by atoms with Crippen molar-refractivity contribution in [3.05, 3.63) is 0 Å². The zero-order chi connectivity index (χ0) is 9.68. The molecule has 0 amide bonds. The van der Waals surface area contributed by atoms with Crippen LogP contribution in [-0.2, 0) is 9.53 Å². The van der Waals surface area contributed by atoms with Crippen LogP contribution in [0.15, 0.2) is 0 Å². The largest absolute Gasteiger partial charge is 0.481 e. The SMILES string of the molecule is CCN1CCC(OCCC(=O)O)C1. The first-order valence-corrected chi connectivity index (χ1v) is 4.78. The predicted octanol–water partition coefficient (Wildman–Crippen LogP) is 0.572. The van der Waals surface area contributed by atoms with E-state index in [1.165, 1.54) is 0 Å². The number of carboxylic acids is 1. The Balaban J connectivity index is 2.07. The molecule has 0 saturated carbocycles. The molecule has 1 aliphatic heterocycles. The third-order valence-corrected chi connectivity index (χ3v) is 2.35. The van der Waals surface area contributed by atoms with Crippen LogP contribution in [-0.4, -0.2) is 48.3 Å².